The quantitative estimate of drug-likeness (QED) is 0.327. The van der Waals surface area contributed by atoms with Gasteiger partial charge in [0.1, 0.15) is 6.10 Å². The Hall–Kier alpha value is -1.38. The molecule has 3 nitrogen and oxygen atoms in total. The fraction of sp³-hybridized carbons (Fsp3) is 0.800. The molecule has 0 radical (unpaired) electrons. The number of rotatable bonds is 5. The smallest absolute Gasteiger partial charge is 0.302 e. The Kier molecular flexibility index (Phi) is 6.75. The second-order valence-electron chi connectivity index (χ2n) is 12.8. The lowest BCUT2D eigenvalue weighted by Crippen LogP contribution is -2.52. The van der Waals surface area contributed by atoms with Crippen LogP contribution in [-0.2, 0) is 14.3 Å². The van der Waals surface area contributed by atoms with E-state index in [0.717, 1.165) is 12.8 Å². The van der Waals surface area contributed by atoms with Gasteiger partial charge < -0.3 is 4.74 Å². The van der Waals surface area contributed by atoms with E-state index in [1.165, 1.54) is 38.2 Å². The first-order valence-corrected chi connectivity index (χ1v) is 13.6. The molecule has 0 aromatic carbocycles. The summed E-state index contributed by atoms with van der Waals surface area (Å²) in [7, 11) is 0. The standard InChI is InChI=1S/C30H46O3/c1-18(2)19(3)8-9-20(4)24-10-11-25-23-17-28(32)27-16-22(33-21(5)31)12-14-30(27,7)26(23)13-15-29(24,25)6/h8-9,17-20,22,24-27H,10-16H2,1-7H3/b9-8+/t19-,20+,22?,24?,25?,26?,27?,29?,30-/m0/s1. The highest BCUT2D eigenvalue weighted by Gasteiger charge is 2.59. The molecule has 4 aliphatic carbocycles. The number of ketones is 1. The van der Waals surface area contributed by atoms with Gasteiger partial charge in [-0.1, -0.05) is 59.3 Å². The number of esters is 1. The molecular weight excluding hydrogens is 408 g/mol. The van der Waals surface area contributed by atoms with Crippen molar-refractivity contribution in [3.63, 3.8) is 0 Å². The Labute approximate surface area is 201 Å². The minimum absolute atomic E-state index is 0.00489. The Balaban J connectivity index is 1.56. The van der Waals surface area contributed by atoms with E-state index >= 15 is 0 Å². The predicted octanol–water partition coefficient (Wildman–Crippen LogP) is 7.16. The molecule has 33 heavy (non-hydrogen) atoms. The van der Waals surface area contributed by atoms with Crippen molar-refractivity contribution in [2.75, 3.05) is 0 Å². The van der Waals surface area contributed by atoms with E-state index in [0.29, 0.717) is 53.1 Å². The maximum Gasteiger partial charge on any atom is 0.302 e. The fourth-order valence-corrected chi connectivity index (χ4v) is 8.28. The lowest BCUT2D eigenvalue weighted by atomic mass is 9.47. The highest BCUT2D eigenvalue weighted by molar-refractivity contribution is 5.94. The third kappa shape index (κ3) is 4.27. The molecule has 0 amide bonds. The molecule has 0 heterocycles. The largest absolute Gasteiger partial charge is 0.463 e. The van der Waals surface area contributed by atoms with E-state index in [2.05, 4.69) is 59.8 Å². The average Bonchev–Trinajstić information content (AvgIpc) is 3.10. The van der Waals surface area contributed by atoms with Crippen molar-refractivity contribution < 1.29 is 14.3 Å². The van der Waals surface area contributed by atoms with Crippen molar-refractivity contribution in [2.24, 2.45) is 52.3 Å². The lowest BCUT2D eigenvalue weighted by molar-refractivity contribution is -0.155. The maximum atomic E-state index is 13.4. The van der Waals surface area contributed by atoms with Gasteiger partial charge in [0.15, 0.2) is 5.78 Å². The molecule has 0 N–H and O–H groups in total. The summed E-state index contributed by atoms with van der Waals surface area (Å²) in [5.41, 5.74) is 1.80. The Morgan fingerprint density at radius 2 is 1.64 bits per heavy atom. The summed E-state index contributed by atoms with van der Waals surface area (Å²) in [4.78, 5) is 24.9. The first-order valence-electron chi connectivity index (χ1n) is 13.6. The highest BCUT2D eigenvalue weighted by Crippen LogP contribution is 2.66. The number of fused-ring (bicyclic) bond motifs is 5. The molecule has 0 saturated heterocycles. The number of ether oxygens (including phenoxy) is 1. The van der Waals surface area contributed by atoms with Gasteiger partial charge in [0.05, 0.1) is 0 Å². The van der Waals surface area contributed by atoms with Crippen LogP contribution in [0.1, 0.15) is 93.4 Å². The summed E-state index contributed by atoms with van der Waals surface area (Å²) in [5.74, 6) is 3.72. The van der Waals surface area contributed by atoms with Crippen LogP contribution < -0.4 is 0 Å². The van der Waals surface area contributed by atoms with E-state index in [1.54, 1.807) is 0 Å². The summed E-state index contributed by atoms with van der Waals surface area (Å²) in [6.45, 7) is 15.7. The molecule has 0 aliphatic heterocycles. The van der Waals surface area contributed by atoms with E-state index in [9.17, 15) is 9.59 Å². The van der Waals surface area contributed by atoms with Gasteiger partial charge >= 0.3 is 5.97 Å². The predicted molar refractivity (Wildman–Crippen MR) is 133 cm³/mol. The van der Waals surface area contributed by atoms with Crippen molar-refractivity contribution in [1.82, 2.24) is 0 Å². The number of hydrogen-bond donors (Lipinski definition) is 0. The summed E-state index contributed by atoms with van der Waals surface area (Å²) in [6, 6.07) is 0. The van der Waals surface area contributed by atoms with Crippen molar-refractivity contribution >= 4 is 11.8 Å². The maximum absolute atomic E-state index is 13.4. The summed E-state index contributed by atoms with van der Waals surface area (Å²) >= 11 is 0. The van der Waals surface area contributed by atoms with Crippen LogP contribution in [0.4, 0.5) is 0 Å². The Morgan fingerprint density at radius 3 is 2.30 bits per heavy atom. The second-order valence-corrected chi connectivity index (χ2v) is 12.8. The van der Waals surface area contributed by atoms with Gasteiger partial charge in [0.2, 0.25) is 0 Å². The third-order valence-corrected chi connectivity index (χ3v) is 10.7. The normalized spacial score (nSPS) is 42.4. The monoisotopic (exact) mass is 454 g/mol. The molecule has 4 aliphatic rings. The van der Waals surface area contributed by atoms with E-state index < -0.39 is 0 Å². The molecule has 3 heteroatoms. The number of carbonyl (C=O) groups excluding carboxylic acids is 2. The highest BCUT2D eigenvalue weighted by atomic mass is 16.5. The van der Waals surface area contributed by atoms with Gasteiger partial charge in [-0.05, 0) is 97.4 Å². The van der Waals surface area contributed by atoms with Crippen molar-refractivity contribution in [1.29, 1.82) is 0 Å². The molecular formula is C30H46O3. The van der Waals surface area contributed by atoms with Gasteiger partial charge in [-0.3, -0.25) is 9.59 Å². The molecule has 0 aromatic heterocycles. The van der Waals surface area contributed by atoms with Gasteiger partial charge in [-0.25, -0.2) is 0 Å². The zero-order valence-corrected chi connectivity index (χ0v) is 22.0. The van der Waals surface area contributed by atoms with Crippen molar-refractivity contribution in [3.05, 3.63) is 23.8 Å². The van der Waals surface area contributed by atoms with Gasteiger partial charge in [-0.15, -0.1) is 0 Å². The van der Waals surface area contributed by atoms with Crippen LogP contribution in [0.2, 0.25) is 0 Å². The van der Waals surface area contributed by atoms with Crippen LogP contribution in [0.3, 0.4) is 0 Å². The molecule has 184 valence electrons. The topological polar surface area (TPSA) is 43.4 Å². The number of carbonyl (C=O) groups is 2. The fourth-order valence-electron chi connectivity index (χ4n) is 8.28. The van der Waals surface area contributed by atoms with Crippen LogP contribution in [0.15, 0.2) is 23.8 Å². The molecule has 9 atom stereocenters. The molecule has 4 rings (SSSR count). The molecule has 3 saturated carbocycles. The molecule has 0 spiro atoms. The van der Waals surface area contributed by atoms with Gasteiger partial charge in [0.25, 0.3) is 0 Å². The van der Waals surface area contributed by atoms with Gasteiger partial charge in [-0.2, -0.15) is 0 Å². The zero-order chi connectivity index (χ0) is 24.1. The van der Waals surface area contributed by atoms with E-state index in [4.69, 9.17) is 4.74 Å². The molecule has 0 bridgehead atoms. The van der Waals surface area contributed by atoms with Crippen molar-refractivity contribution in [3.8, 4) is 0 Å². The Morgan fingerprint density at radius 1 is 0.970 bits per heavy atom. The van der Waals surface area contributed by atoms with Crippen LogP contribution in [-0.4, -0.2) is 17.9 Å². The van der Waals surface area contributed by atoms with E-state index in [1.807, 2.05) is 0 Å². The summed E-state index contributed by atoms with van der Waals surface area (Å²) in [5, 5.41) is 0. The van der Waals surface area contributed by atoms with Crippen molar-refractivity contribution in [2.45, 2.75) is 99.5 Å². The minimum Gasteiger partial charge on any atom is -0.463 e. The van der Waals surface area contributed by atoms with Crippen LogP contribution in [0.25, 0.3) is 0 Å². The molecule has 0 aromatic rings. The number of allylic oxidation sites excluding steroid dienone is 4. The van der Waals surface area contributed by atoms with Crippen LogP contribution in [0.5, 0.6) is 0 Å². The van der Waals surface area contributed by atoms with Crippen LogP contribution in [0, 0.1) is 52.3 Å². The first-order chi connectivity index (χ1) is 15.5. The SMILES string of the molecule is CC(=O)OC1CC[C@]2(C)C(C1)C(=O)C=C1C3CCC([C@H](C)/C=C/[C@H](C)C(C)C)C3(C)CCC12. The van der Waals surface area contributed by atoms with E-state index in [-0.39, 0.29) is 23.4 Å². The lowest BCUT2D eigenvalue weighted by Gasteiger charge is -2.57. The Bertz CT molecular complexity index is 837. The zero-order valence-electron chi connectivity index (χ0n) is 22.0. The second kappa shape index (κ2) is 9.00. The summed E-state index contributed by atoms with van der Waals surface area (Å²) in [6.07, 6.45) is 14.5. The molecule has 6 unspecified atom stereocenters. The minimum atomic E-state index is -0.223. The summed E-state index contributed by atoms with van der Waals surface area (Å²) < 4.78 is 5.53. The third-order valence-electron chi connectivity index (χ3n) is 10.7. The average molecular weight is 455 g/mol. The van der Waals surface area contributed by atoms with Crippen LogP contribution >= 0.6 is 0 Å². The molecule has 3 fully saturated rings. The number of hydrogen-bond acceptors (Lipinski definition) is 3. The van der Waals surface area contributed by atoms with Gasteiger partial charge in [0, 0.05) is 12.8 Å². The first kappa shape index (κ1) is 24.7.